The third-order valence-corrected chi connectivity index (χ3v) is 4.24. The lowest BCUT2D eigenvalue weighted by Gasteiger charge is -2.45. The van der Waals surface area contributed by atoms with E-state index < -0.39 is 5.97 Å². The highest BCUT2D eigenvalue weighted by atomic mass is 16.5. The second-order valence-electron chi connectivity index (χ2n) is 5.59. The van der Waals surface area contributed by atoms with Gasteiger partial charge in [-0.25, -0.2) is 0 Å². The molecule has 0 spiro atoms. The molecule has 1 saturated heterocycles. The van der Waals surface area contributed by atoms with Gasteiger partial charge in [0.1, 0.15) is 0 Å². The zero-order valence-corrected chi connectivity index (χ0v) is 10.8. The number of hydrogen-bond donors (Lipinski definition) is 1. The van der Waals surface area contributed by atoms with Gasteiger partial charge in [-0.1, -0.05) is 6.92 Å². The van der Waals surface area contributed by atoms with Crippen molar-refractivity contribution < 1.29 is 14.6 Å². The average molecular weight is 241 g/mol. The van der Waals surface area contributed by atoms with Crippen LogP contribution in [0.15, 0.2) is 0 Å². The minimum atomic E-state index is -0.624. The fraction of sp³-hybridized carbons (Fsp3) is 0.923. The molecule has 1 heterocycles. The van der Waals surface area contributed by atoms with Crippen molar-refractivity contribution in [2.24, 2.45) is 11.8 Å². The van der Waals surface area contributed by atoms with Crippen molar-refractivity contribution in [2.45, 2.75) is 45.2 Å². The first-order chi connectivity index (χ1) is 8.09. The molecule has 4 unspecified atom stereocenters. The van der Waals surface area contributed by atoms with Gasteiger partial charge in [-0.05, 0) is 32.1 Å². The average Bonchev–Trinajstić information content (AvgIpc) is 2.29. The van der Waals surface area contributed by atoms with Gasteiger partial charge < -0.3 is 9.84 Å². The second-order valence-corrected chi connectivity index (χ2v) is 5.59. The van der Waals surface area contributed by atoms with E-state index in [0.717, 1.165) is 39.0 Å². The molecule has 1 saturated carbocycles. The Kier molecular flexibility index (Phi) is 4.05. The Morgan fingerprint density at radius 1 is 1.35 bits per heavy atom. The maximum absolute atomic E-state index is 11.4. The van der Waals surface area contributed by atoms with Crippen molar-refractivity contribution >= 4 is 5.97 Å². The molecule has 0 bridgehead atoms. The number of carboxylic acids is 1. The molecular formula is C13H23NO3. The molecule has 4 heteroatoms. The Balaban J connectivity index is 2.10. The van der Waals surface area contributed by atoms with Crippen LogP contribution in [0.2, 0.25) is 0 Å². The highest BCUT2D eigenvalue weighted by Gasteiger charge is 2.39. The predicted molar refractivity (Wildman–Crippen MR) is 64.9 cm³/mol. The van der Waals surface area contributed by atoms with Gasteiger partial charge in [0.2, 0.25) is 0 Å². The Hall–Kier alpha value is -0.610. The molecule has 4 nitrogen and oxygen atoms in total. The Morgan fingerprint density at radius 3 is 2.76 bits per heavy atom. The van der Waals surface area contributed by atoms with E-state index in [-0.39, 0.29) is 12.0 Å². The summed E-state index contributed by atoms with van der Waals surface area (Å²) in [6.45, 7) is 6.72. The first kappa shape index (κ1) is 12.8. The van der Waals surface area contributed by atoms with Gasteiger partial charge in [-0.15, -0.1) is 0 Å². The zero-order chi connectivity index (χ0) is 12.4. The fourth-order valence-electron chi connectivity index (χ4n) is 3.24. The molecule has 98 valence electrons. The largest absolute Gasteiger partial charge is 0.481 e. The molecule has 1 aliphatic carbocycles. The highest BCUT2D eigenvalue weighted by Crippen LogP contribution is 2.33. The molecule has 0 aromatic heterocycles. The third kappa shape index (κ3) is 2.80. The molecule has 2 fully saturated rings. The summed E-state index contributed by atoms with van der Waals surface area (Å²) < 4.78 is 5.44. The number of nitrogens with zero attached hydrogens (tertiary/aromatic N) is 1. The van der Waals surface area contributed by atoms with Crippen LogP contribution in [0.4, 0.5) is 0 Å². The summed E-state index contributed by atoms with van der Waals surface area (Å²) in [5, 5.41) is 9.35. The number of morpholine rings is 1. The normalized spacial score (nSPS) is 40.1. The number of hydrogen-bond acceptors (Lipinski definition) is 3. The monoisotopic (exact) mass is 241 g/mol. The number of aliphatic carboxylic acids is 1. The van der Waals surface area contributed by atoms with Crippen molar-refractivity contribution in [1.29, 1.82) is 0 Å². The van der Waals surface area contributed by atoms with Gasteiger partial charge in [-0.2, -0.15) is 0 Å². The summed E-state index contributed by atoms with van der Waals surface area (Å²) in [6.07, 6.45) is 2.89. The van der Waals surface area contributed by atoms with E-state index in [2.05, 4.69) is 18.7 Å². The number of carbonyl (C=O) groups is 1. The van der Waals surface area contributed by atoms with Crippen LogP contribution in [-0.4, -0.2) is 47.8 Å². The van der Waals surface area contributed by atoms with E-state index in [1.165, 1.54) is 0 Å². The van der Waals surface area contributed by atoms with E-state index in [9.17, 15) is 9.90 Å². The molecule has 1 N–H and O–H groups in total. The molecule has 0 aromatic rings. The lowest BCUT2D eigenvalue weighted by atomic mass is 9.77. The van der Waals surface area contributed by atoms with Crippen molar-refractivity contribution in [3.63, 3.8) is 0 Å². The maximum Gasteiger partial charge on any atom is 0.308 e. The summed E-state index contributed by atoms with van der Waals surface area (Å²) in [5.41, 5.74) is 0. The van der Waals surface area contributed by atoms with Crippen molar-refractivity contribution in [3.8, 4) is 0 Å². The first-order valence-corrected chi connectivity index (χ1v) is 6.66. The van der Waals surface area contributed by atoms with Crippen LogP contribution in [0.1, 0.15) is 33.1 Å². The molecule has 0 radical (unpaired) electrons. The standard InChI is InChI=1S/C13H23NO3/c1-9-3-4-11(13(15)16)12(7-9)14-5-6-17-8-10(14)2/h9-12H,3-8H2,1-2H3,(H,15,16). The van der Waals surface area contributed by atoms with E-state index in [1.807, 2.05) is 0 Å². The third-order valence-electron chi connectivity index (χ3n) is 4.24. The van der Waals surface area contributed by atoms with Gasteiger partial charge >= 0.3 is 5.97 Å². The molecule has 0 amide bonds. The maximum atomic E-state index is 11.4. The SMILES string of the molecule is CC1CCC(C(=O)O)C(N2CCOCC2C)C1. The minimum Gasteiger partial charge on any atom is -0.481 e. The van der Waals surface area contributed by atoms with E-state index in [1.54, 1.807) is 0 Å². The van der Waals surface area contributed by atoms with E-state index >= 15 is 0 Å². The van der Waals surface area contributed by atoms with Crippen LogP contribution < -0.4 is 0 Å². The summed E-state index contributed by atoms with van der Waals surface area (Å²) in [5.74, 6) is -0.169. The molecule has 2 aliphatic rings. The molecule has 2 rings (SSSR count). The molecule has 17 heavy (non-hydrogen) atoms. The van der Waals surface area contributed by atoms with Crippen LogP contribution in [0.25, 0.3) is 0 Å². The molecule has 0 aromatic carbocycles. The van der Waals surface area contributed by atoms with E-state index in [4.69, 9.17) is 4.74 Å². The van der Waals surface area contributed by atoms with Gasteiger partial charge in [0.05, 0.1) is 19.1 Å². The lowest BCUT2D eigenvalue weighted by molar-refractivity contribution is -0.148. The zero-order valence-electron chi connectivity index (χ0n) is 10.8. The first-order valence-electron chi connectivity index (χ1n) is 6.66. The summed E-state index contributed by atoms with van der Waals surface area (Å²) >= 11 is 0. The second kappa shape index (κ2) is 5.36. The highest BCUT2D eigenvalue weighted by molar-refractivity contribution is 5.71. The quantitative estimate of drug-likeness (QED) is 0.797. The minimum absolute atomic E-state index is 0.188. The van der Waals surface area contributed by atoms with Crippen molar-refractivity contribution in [2.75, 3.05) is 19.8 Å². The Labute approximate surface area is 103 Å². The van der Waals surface area contributed by atoms with Gasteiger partial charge in [0, 0.05) is 18.6 Å². The smallest absolute Gasteiger partial charge is 0.308 e. The lowest BCUT2D eigenvalue weighted by Crippen LogP contribution is -2.55. The van der Waals surface area contributed by atoms with Crippen molar-refractivity contribution in [1.82, 2.24) is 4.90 Å². The van der Waals surface area contributed by atoms with Gasteiger partial charge in [-0.3, -0.25) is 9.69 Å². The number of rotatable bonds is 2. The van der Waals surface area contributed by atoms with Crippen molar-refractivity contribution in [3.05, 3.63) is 0 Å². The van der Waals surface area contributed by atoms with Crippen LogP contribution in [0.5, 0.6) is 0 Å². The van der Waals surface area contributed by atoms with Crippen LogP contribution >= 0.6 is 0 Å². The number of carboxylic acid groups (broad SMARTS) is 1. The van der Waals surface area contributed by atoms with Crippen LogP contribution in [0, 0.1) is 11.8 Å². The van der Waals surface area contributed by atoms with Crippen LogP contribution in [0.3, 0.4) is 0 Å². The predicted octanol–water partition coefficient (Wildman–Crippen LogP) is 1.60. The van der Waals surface area contributed by atoms with Crippen LogP contribution in [-0.2, 0) is 9.53 Å². The summed E-state index contributed by atoms with van der Waals surface area (Å²) in [7, 11) is 0. The number of ether oxygens (including phenoxy) is 1. The Morgan fingerprint density at radius 2 is 2.12 bits per heavy atom. The molecule has 4 atom stereocenters. The van der Waals surface area contributed by atoms with Gasteiger partial charge in [0.25, 0.3) is 0 Å². The van der Waals surface area contributed by atoms with Gasteiger partial charge in [0.15, 0.2) is 0 Å². The fourth-order valence-corrected chi connectivity index (χ4v) is 3.24. The van der Waals surface area contributed by atoms with E-state index in [0.29, 0.717) is 12.0 Å². The topological polar surface area (TPSA) is 49.8 Å². The Bertz CT molecular complexity index is 282. The summed E-state index contributed by atoms with van der Waals surface area (Å²) in [6, 6.07) is 0.552. The summed E-state index contributed by atoms with van der Waals surface area (Å²) in [4.78, 5) is 13.7. The molecular weight excluding hydrogens is 218 g/mol. The molecule has 1 aliphatic heterocycles.